The van der Waals surface area contributed by atoms with Crippen molar-refractivity contribution in [1.29, 1.82) is 0 Å². The molecule has 5 heteroatoms. The van der Waals surface area contributed by atoms with Crippen molar-refractivity contribution >= 4 is 29.1 Å². The molecule has 4 nitrogen and oxygen atoms in total. The third-order valence-electron chi connectivity index (χ3n) is 2.11. The number of nitrogens with zero attached hydrogens (tertiary/aromatic N) is 2. The number of amides is 2. The summed E-state index contributed by atoms with van der Waals surface area (Å²) in [7, 11) is 3.13. The van der Waals surface area contributed by atoms with Crippen LogP contribution in [0.2, 0.25) is 0 Å². The Labute approximate surface area is 88.2 Å². The van der Waals surface area contributed by atoms with E-state index in [1.54, 1.807) is 27.9 Å². The summed E-state index contributed by atoms with van der Waals surface area (Å²) in [6.45, 7) is 3.47. The van der Waals surface area contributed by atoms with Crippen LogP contribution in [0.3, 0.4) is 0 Å². The van der Waals surface area contributed by atoms with Gasteiger partial charge in [0.05, 0.1) is 0 Å². The van der Waals surface area contributed by atoms with Crippen LogP contribution in [0.15, 0.2) is 11.1 Å². The third-order valence-corrected chi connectivity index (χ3v) is 2.66. The molecule has 1 fully saturated rings. The summed E-state index contributed by atoms with van der Waals surface area (Å²) in [6.07, 6.45) is 0. The summed E-state index contributed by atoms with van der Waals surface area (Å²) in [6, 6.07) is 0. The molecule has 0 atom stereocenters. The fourth-order valence-electron chi connectivity index (χ4n) is 1.25. The van der Waals surface area contributed by atoms with E-state index >= 15 is 0 Å². The second kappa shape index (κ2) is 3.49. The molecular weight excluding hydrogens is 200 g/mol. The normalized spacial score (nSPS) is 18.0. The van der Waals surface area contributed by atoms with Gasteiger partial charge in [0.2, 0.25) is 0 Å². The van der Waals surface area contributed by atoms with Gasteiger partial charge in [-0.25, -0.2) is 0 Å². The van der Waals surface area contributed by atoms with Gasteiger partial charge in [0.25, 0.3) is 11.8 Å². The maximum Gasteiger partial charge on any atom is 0.265 e. The quantitative estimate of drug-likeness (QED) is 0.334. The number of carbonyl (C=O) groups is 2. The molecule has 1 saturated heterocycles. The highest BCUT2D eigenvalue weighted by Crippen LogP contribution is 2.17. The number of hydrogen-bond acceptors (Lipinski definition) is 3. The molecule has 0 bridgehead atoms. The van der Waals surface area contributed by atoms with E-state index in [9.17, 15) is 9.59 Å². The predicted octanol–water partition coefficient (Wildman–Crippen LogP) is 0.538. The summed E-state index contributed by atoms with van der Waals surface area (Å²) >= 11 is 4.93. The maximum absolute atomic E-state index is 11.7. The van der Waals surface area contributed by atoms with Gasteiger partial charge in [-0.1, -0.05) is 5.57 Å². The van der Waals surface area contributed by atoms with Crippen LogP contribution in [-0.4, -0.2) is 40.8 Å². The third kappa shape index (κ3) is 1.43. The maximum atomic E-state index is 11.7. The smallest absolute Gasteiger partial charge is 0.265 e. The molecule has 0 spiro atoms. The van der Waals surface area contributed by atoms with Gasteiger partial charge in [0.1, 0.15) is 5.57 Å². The molecule has 1 heterocycles. The van der Waals surface area contributed by atoms with E-state index in [-0.39, 0.29) is 22.5 Å². The monoisotopic (exact) mass is 212 g/mol. The molecule has 0 saturated carbocycles. The minimum absolute atomic E-state index is 0.212. The highest BCUT2D eigenvalue weighted by atomic mass is 32.1. The van der Waals surface area contributed by atoms with E-state index in [4.69, 9.17) is 12.2 Å². The Morgan fingerprint density at radius 3 is 1.71 bits per heavy atom. The summed E-state index contributed by atoms with van der Waals surface area (Å²) in [5.74, 6) is -0.642. The first-order chi connectivity index (χ1) is 6.37. The Morgan fingerprint density at radius 2 is 1.43 bits per heavy atom. The second-order valence-corrected chi connectivity index (χ2v) is 3.75. The summed E-state index contributed by atoms with van der Waals surface area (Å²) in [5, 5.41) is 0.241. The number of likely N-dealkylation sites (N-methyl/N-ethyl adjacent to an activating group) is 2. The highest BCUT2D eigenvalue weighted by molar-refractivity contribution is 7.80. The van der Waals surface area contributed by atoms with Gasteiger partial charge in [-0.3, -0.25) is 19.4 Å². The van der Waals surface area contributed by atoms with Crippen LogP contribution in [0.5, 0.6) is 0 Å². The first-order valence-corrected chi connectivity index (χ1v) is 4.56. The van der Waals surface area contributed by atoms with E-state index in [2.05, 4.69) is 0 Å². The lowest BCUT2D eigenvalue weighted by Gasteiger charge is -2.32. The molecule has 0 aromatic carbocycles. The van der Waals surface area contributed by atoms with E-state index < -0.39 is 0 Å². The predicted molar refractivity (Wildman–Crippen MR) is 56.5 cm³/mol. The zero-order chi connectivity index (χ0) is 11.0. The number of hydrogen-bond donors (Lipinski definition) is 0. The highest BCUT2D eigenvalue weighted by Gasteiger charge is 2.35. The standard InChI is InChI=1S/C9H12N2O2S/c1-5(2)6-7(12)10(3)9(14)11(4)8(6)13/h1-4H3. The Morgan fingerprint density at radius 1 is 1.07 bits per heavy atom. The summed E-state index contributed by atoms with van der Waals surface area (Å²) < 4.78 is 0. The molecule has 0 N–H and O–H groups in total. The molecule has 1 aliphatic rings. The molecule has 1 aliphatic heterocycles. The lowest BCUT2D eigenvalue weighted by molar-refractivity contribution is -0.132. The van der Waals surface area contributed by atoms with Gasteiger partial charge in [0, 0.05) is 14.1 Å². The molecule has 14 heavy (non-hydrogen) atoms. The Balaban J connectivity index is 3.25. The van der Waals surface area contributed by atoms with Crippen molar-refractivity contribution in [3.63, 3.8) is 0 Å². The zero-order valence-corrected chi connectivity index (χ0v) is 9.44. The van der Waals surface area contributed by atoms with E-state index in [1.165, 1.54) is 9.80 Å². The molecule has 0 aliphatic carbocycles. The molecule has 2 amide bonds. The van der Waals surface area contributed by atoms with Crippen LogP contribution in [-0.2, 0) is 9.59 Å². The van der Waals surface area contributed by atoms with E-state index in [0.717, 1.165) is 0 Å². The van der Waals surface area contributed by atoms with Crippen molar-refractivity contribution in [2.45, 2.75) is 13.8 Å². The molecule has 0 aromatic rings. The van der Waals surface area contributed by atoms with Crippen molar-refractivity contribution in [1.82, 2.24) is 9.80 Å². The van der Waals surface area contributed by atoms with Crippen molar-refractivity contribution in [3.8, 4) is 0 Å². The minimum Gasteiger partial charge on any atom is -0.288 e. The number of rotatable bonds is 0. The minimum atomic E-state index is -0.321. The van der Waals surface area contributed by atoms with Gasteiger partial charge < -0.3 is 0 Å². The summed E-state index contributed by atoms with van der Waals surface area (Å²) in [5.41, 5.74) is 0.921. The van der Waals surface area contributed by atoms with Crippen molar-refractivity contribution < 1.29 is 9.59 Å². The Bertz CT molecular complexity index is 330. The Kier molecular flexibility index (Phi) is 2.71. The number of thiocarbonyl (C=S) groups is 1. The summed E-state index contributed by atoms with van der Waals surface area (Å²) in [4.78, 5) is 25.9. The molecule has 0 radical (unpaired) electrons. The van der Waals surface area contributed by atoms with Crippen LogP contribution in [0.1, 0.15) is 13.8 Å². The Hall–Kier alpha value is -1.23. The largest absolute Gasteiger partial charge is 0.288 e. The van der Waals surface area contributed by atoms with Gasteiger partial charge in [0.15, 0.2) is 5.11 Å². The molecule has 76 valence electrons. The average molecular weight is 212 g/mol. The second-order valence-electron chi connectivity index (χ2n) is 3.39. The van der Waals surface area contributed by atoms with Crippen molar-refractivity contribution in [2.24, 2.45) is 0 Å². The van der Waals surface area contributed by atoms with Gasteiger partial charge in [-0.05, 0) is 26.1 Å². The van der Waals surface area contributed by atoms with Crippen LogP contribution < -0.4 is 0 Å². The van der Waals surface area contributed by atoms with E-state index in [1.807, 2.05) is 0 Å². The topological polar surface area (TPSA) is 40.6 Å². The number of carbonyl (C=O) groups excluding carboxylic acids is 2. The van der Waals surface area contributed by atoms with Crippen molar-refractivity contribution in [3.05, 3.63) is 11.1 Å². The molecule has 1 rings (SSSR count). The first kappa shape index (κ1) is 10.8. The fourth-order valence-corrected chi connectivity index (χ4v) is 1.42. The van der Waals surface area contributed by atoms with Crippen LogP contribution in [0, 0.1) is 0 Å². The van der Waals surface area contributed by atoms with Crippen LogP contribution in [0.25, 0.3) is 0 Å². The molecular formula is C9H12N2O2S. The lowest BCUT2D eigenvalue weighted by Crippen LogP contribution is -2.53. The molecule has 0 aromatic heterocycles. The van der Waals surface area contributed by atoms with Gasteiger partial charge in [-0.15, -0.1) is 0 Å². The molecule has 0 unspecified atom stereocenters. The van der Waals surface area contributed by atoms with Crippen LogP contribution in [0.4, 0.5) is 0 Å². The SMILES string of the molecule is CC(C)=C1C(=O)N(C)C(=S)N(C)C1=O. The van der Waals surface area contributed by atoms with Gasteiger partial charge in [-0.2, -0.15) is 0 Å². The fraction of sp³-hybridized carbons (Fsp3) is 0.444. The van der Waals surface area contributed by atoms with Crippen molar-refractivity contribution in [2.75, 3.05) is 14.1 Å². The van der Waals surface area contributed by atoms with E-state index in [0.29, 0.717) is 5.57 Å². The lowest BCUT2D eigenvalue weighted by atomic mass is 10.1. The average Bonchev–Trinajstić information content (AvgIpc) is 2.11. The first-order valence-electron chi connectivity index (χ1n) is 4.15. The van der Waals surface area contributed by atoms with Crippen LogP contribution >= 0.6 is 12.2 Å². The van der Waals surface area contributed by atoms with Gasteiger partial charge >= 0.3 is 0 Å². The number of allylic oxidation sites excluding steroid dienone is 1. The zero-order valence-electron chi connectivity index (χ0n) is 8.62.